The first-order chi connectivity index (χ1) is 12.6. The Morgan fingerprint density at radius 3 is 1.33 bits per heavy atom. The minimum absolute atomic E-state index is 0.00559. The predicted molar refractivity (Wildman–Crippen MR) is 104 cm³/mol. The molecule has 0 rings (SSSR count). The van der Waals surface area contributed by atoms with E-state index >= 15 is 0 Å². The van der Waals surface area contributed by atoms with Gasteiger partial charge in [-0.15, -0.1) is 0 Å². The summed E-state index contributed by atoms with van der Waals surface area (Å²) in [4.78, 5) is 19.6. The van der Waals surface area contributed by atoms with Crippen LogP contribution in [0.15, 0.2) is 0 Å². The number of carbonyl (C=O) groups is 2. The molecule has 8 nitrogen and oxygen atoms in total. The van der Waals surface area contributed by atoms with E-state index in [-0.39, 0.29) is 12.8 Å². The maximum absolute atomic E-state index is 13.6. The monoisotopic (exact) mass is 408 g/mol. The summed E-state index contributed by atoms with van der Waals surface area (Å²) < 4.78 is 27.3. The molecule has 0 aliphatic carbocycles. The smallest absolute Gasteiger partial charge is 0.218 e. The first-order valence-corrected chi connectivity index (χ1v) is 11.1. The first-order valence-electron chi connectivity index (χ1n) is 9.61. The summed E-state index contributed by atoms with van der Waals surface area (Å²) in [5.41, 5.74) is 0. The molecule has 0 bridgehead atoms. The highest BCUT2D eigenvalue weighted by atomic mass is 32.2. The summed E-state index contributed by atoms with van der Waals surface area (Å²) >= 11 is 0. The predicted octanol–water partition coefficient (Wildman–Crippen LogP) is 1.21. The van der Waals surface area contributed by atoms with Gasteiger partial charge in [0.05, 0.1) is 13.2 Å². The number of aliphatic hydroxyl groups is 2. The number of rotatable bonds is 14. The van der Waals surface area contributed by atoms with E-state index in [2.05, 4.69) is 10.6 Å². The molecule has 0 aromatic rings. The molecule has 0 fully saturated rings. The van der Waals surface area contributed by atoms with E-state index < -0.39 is 44.6 Å². The number of hydrogen-bond acceptors (Lipinski definition) is 6. The van der Waals surface area contributed by atoms with Crippen molar-refractivity contribution >= 4 is 21.7 Å². The zero-order valence-corrected chi connectivity index (χ0v) is 17.8. The van der Waals surface area contributed by atoms with E-state index in [1.807, 2.05) is 13.8 Å². The van der Waals surface area contributed by atoms with Gasteiger partial charge in [-0.3, -0.25) is 9.59 Å². The Morgan fingerprint density at radius 2 is 1.11 bits per heavy atom. The minimum Gasteiger partial charge on any atom is -0.393 e. The van der Waals surface area contributed by atoms with Crippen LogP contribution in [0.4, 0.5) is 0 Å². The van der Waals surface area contributed by atoms with E-state index in [4.69, 9.17) is 0 Å². The Labute approximate surface area is 163 Å². The lowest BCUT2D eigenvalue weighted by Gasteiger charge is -2.42. The second kappa shape index (κ2) is 11.6. The molecule has 2 amide bonds. The van der Waals surface area contributed by atoms with Gasteiger partial charge >= 0.3 is 0 Å². The van der Waals surface area contributed by atoms with Crippen LogP contribution in [0.25, 0.3) is 0 Å². The van der Waals surface area contributed by atoms with Crippen LogP contribution in [-0.4, -0.2) is 53.4 Å². The Bertz CT molecular complexity index is 536. The average molecular weight is 409 g/mol. The standard InChI is InChI=1S/C18H36N2O6S/c1-5-7-9-11-17(13-21,19-15(3)23)27(25,26)18(14-22,20-16(4)24)12-10-8-6-2/h21-22H,5-14H2,1-4H3,(H,19,23)(H,20,24). The van der Waals surface area contributed by atoms with Crippen molar-refractivity contribution in [1.29, 1.82) is 0 Å². The number of hydrogen-bond donors (Lipinski definition) is 4. The molecule has 160 valence electrons. The zero-order valence-electron chi connectivity index (χ0n) is 17.0. The largest absolute Gasteiger partial charge is 0.393 e. The van der Waals surface area contributed by atoms with Crippen molar-refractivity contribution < 1.29 is 28.2 Å². The fourth-order valence-electron chi connectivity index (χ4n) is 3.27. The van der Waals surface area contributed by atoms with Crippen molar-refractivity contribution in [2.24, 2.45) is 0 Å². The summed E-state index contributed by atoms with van der Waals surface area (Å²) in [5.74, 6) is -1.21. The zero-order chi connectivity index (χ0) is 21.1. The molecule has 4 N–H and O–H groups in total. The Hall–Kier alpha value is -1.19. The Kier molecular flexibility index (Phi) is 11.1. The Morgan fingerprint density at radius 1 is 0.778 bits per heavy atom. The van der Waals surface area contributed by atoms with Crippen molar-refractivity contribution in [3.8, 4) is 0 Å². The van der Waals surface area contributed by atoms with E-state index in [0.29, 0.717) is 12.8 Å². The Balaban J connectivity index is 6.27. The maximum atomic E-state index is 13.6. The summed E-state index contributed by atoms with van der Waals surface area (Å²) in [5, 5.41) is 24.9. The van der Waals surface area contributed by atoms with Crippen LogP contribution < -0.4 is 10.6 Å². The van der Waals surface area contributed by atoms with Gasteiger partial charge in [-0.1, -0.05) is 39.5 Å². The third-order valence-electron chi connectivity index (χ3n) is 4.72. The van der Waals surface area contributed by atoms with Gasteiger partial charge in [0.15, 0.2) is 9.74 Å². The van der Waals surface area contributed by atoms with E-state index in [1.165, 1.54) is 13.8 Å². The van der Waals surface area contributed by atoms with E-state index in [0.717, 1.165) is 25.7 Å². The molecular formula is C18H36N2O6S. The van der Waals surface area contributed by atoms with Gasteiger partial charge in [-0.25, -0.2) is 8.42 Å². The number of unbranched alkanes of at least 4 members (excludes halogenated alkanes) is 4. The normalized spacial score (nSPS) is 16.2. The van der Waals surface area contributed by atoms with Crippen molar-refractivity contribution in [3.05, 3.63) is 0 Å². The maximum Gasteiger partial charge on any atom is 0.218 e. The SMILES string of the molecule is CCCCCC(CO)(NC(C)=O)S(=O)(=O)C(CO)(CCCCC)NC(C)=O. The molecule has 0 radical (unpaired) electrons. The summed E-state index contributed by atoms with van der Waals surface area (Å²) in [7, 11) is -4.40. The number of sulfone groups is 1. The van der Waals surface area contributed by atoms with Crippen molar-refractivity contribution in [2.75, 3.05) is 13.2 Å². The molecule has 2 unspecified atom stereocenters. The van der Waals surface area contributed by atoms with Gasteiger partial charge in [0.1, 0.15) is 0 Å². The van der Waals surface area contributed by atoms with Gasteiger partial charge in [0.2, 0.25) is 21.7 Å². The lowest BCUT2D eigenvalue weighted by atomic mass is 10.1. The third-order valence-corrected chi connectivity index (χ3v) is 7.64. The van der Waals surface area contributed by atoms with Gasteiger partial charge in [0.25, 0.3) is 0 Å². The molecule has 0 saturated heterocycles. The summed E-state index contributed by atoms with van der Waals surface area (Å²) in [6, 6.07) is 0. The van der Waals surface area contributed by atoms with Crippen molar-refractivity contribution in [3.63, 3.8) is 0 Å². The fourth-order valence-corrected chi connectivity index (χ4v) is 5.74. The first kappa shape index (κ1) is 25.8. The summed E-state index contributed by atoms with van der Waals surface area (Å²) in [6.07, 6.45) is 4.02. The van der Waals surface area contributed by atoms with Gasteiger partial charge in [0, 0.05) is 13.8 Å². The molecule has 0 aliphatic rings. The van der Waals surface area contributed by atoms with Crippen LogP contribution in [0, 0.1) is 0 Å². The second-order valence-corrected chi connectivity index (χ2v) is 9.65. The molecule has 0 heterocycles. The molecule has 9 heteroatoms. The fraction of sp³-hybridized carbons (Fsp3) is 0.889. The van der Waals surface area contributed by atoms with E-state index in [1.54, 1.807) is 0 Å². The van der Waals surface area contributed by atoms with Crippen LogP contribution in [-0.2, 0) is 19.4 Å². The van der Waals surface area contributed by atoms with E-state index in [9.17, 15) is 28.2 Å². The third kappa shape index (κ3) is 6.43. The minimum atomic E-state index is -4.40. The highest BCUT2D eigenvalue weighted by Gasteiger charge is 2.56. The molecule has 0 spiro atoms. The molecule has 0 aromatic carbocycles. The van der Waals surface area contributed by atoms with Crippen molar-refractivity contribution in [2.45, 2.75) is 88.8 Å². The molecule has 0 aliphatic heterocycles. The van der Waals surface area contributed by atoms with Crippen LogP contribution in [0.1, 0.15) is 79.1 Å². The lowest BCUT2D eigenvalue weighted by molar-refractivity contribution is -0.120. The molecule has 0 saturated carbocycles. The highest BCUT2D eigenvalue weighted by molar-refractivity contribution is 7.94. The average Bonchev–Trinajstić information content (AvgIpc) is 2.59. The van der Waals surface area contributed by atoms with Crippen LogP contribution >= 0.6 is 0 Å². The second-order valence-electron chi connectivity index (χ2n) is 7.08. The highest BCUT2D eigenvalue weighted by Crippen LogP contribution is 2.34. The van der Waals surface area contributed by atoms with Gasteiger partial charge in [-0.05, 0) is 25.7 Å². The molecule has 27 heavy (non-hydrogen) atoms. The van der Waals surface area contributed by atoms with Gasteiger partial charge < -0.3 is 20.8 Å². The number of aliphatic hydroxyl groups excluding tert-OH is 2. The topological polar surface area (TPSA) is 133 Å². The molecule has 0 aromatic heterocycles. The lowest BCUT2D eigenvalue weighted by Crippen LogP contribution is -2.68. The number of carbonyl (C=O) groups excluding carboxylic acids is 2. The van der Waals surface area contributed by atoms with Crippen LogP contribution in [0.2, 0.25) is 0 Å². The van der Waals surface area contributed by atoms with Crippen LogP contribution in [0.3, 0.4) is 0 Å². The quantitative estimate of drug-likeness (QED) is 0.319. The molecular weight excluding hydrogens is 372 g/mol. The van der Waals surface area contributed by atoms with Gasteiger partial charge in [-0.2, -0.15) is 0 Å². The van der Waals surface area contributed by atoms with Crippen LogP contribution in [0.5, 0.6) is 0 Å². The number of nitrogens with one attached hydrogen (secondary N) is 2. The van der Waals surface area contributed by atoms with Crippen molar-refractivity contribution in [1.82, 2.24) is 10.6 Å². The number of amides is 2. The summed E-state index contributed by atoms with van der Waals surface area (Å²) in [6.45, 7) is 4.58. The molecule has 2 atom stereocenters.